The molecular weight excluding hydrogens is 346 g/mol. The Kier molecular flexibility index (Phi) is 5.94. The lowest BCUT2D eigenvalue weighted by Crippen LogP contribution is -2.02. The number of allylic oxidation sites excluding steroid dienone is 1. The molecule has 1 atom stereocenters. The van der Waals surface area contributed by atoms with Crippen molar-refractivity contribution in [2.24, 2.45) is 4.99 Å². The molecule has 4 rings (SSSR count). The third kappa shape index (κ3) is 4.21. The van der Waals surface area contributed by atoms with Crippen LogP contribution in [0, 0.1) is 0 Å². The van der Waals surface area contributed by atoms with E-state index in [1.54, 1.807) is 0 Å². The Morgan fingerprint density at radius 2 is 2.14 bits per heavy atom. The highest BCUT2D eigenvalue weighted by molar-refractivity contribution is 6.22. The first-order valence-corrected chi connectivity index (χ1v) is 10.9. The standard InChI is InChI=1S/C24H31N3O/c1-2-3-9-17-10-6-4-5-7-11-18-14-19(17)21(26-18)15-23-24(28)16-22(27-23)20-12-8-13-25-20/h8,12-15,17,25-26H,2-7,9-11,16H2,1H3. The molecule has 0 saturated heterocycles. The fourth-order valence-electron chi connectivity index (χ4n) is 4.51. The summed E-state index contributed by atoms with van der Waals surface area (Å²) in [5, 5.41) is 0. The summed E-state index contributed by atoms with van der Waals surface area (Å²) >= 11 is 0. The van der Waals surface area contributed by atoms with Crippen molar-refractivity contribution in [2.75, 3.05) is 0 Å². The molecule has 0 fully saturated rings. The largest absolute Gasteiger partial charge is 0.360 e. The van der Waals surface area contributed by atoms with Crippen LogP contribution in [0.25, 0.3) is 6.08 Å². The second kappa shape index (κ2) is 8.76. The van der Waals surface area contributed by atoms with Gasteiger partial charge in [0.25, 0.3) is 0 Å². The van der Waals surface area contributed by atoms with Gasteiger partial charge < -0.3 is 9.97 Å². The number of nitrogens with one attached hydrogen (secondary N) is 2. The highest BCUT2D eigenvalue weighted by atomic mass is 16.1. The number of ketones is 1. The van der Waals surface area contributed by atoms with Crippen LogP contribution in [0.2, 0.25) is 0 Å². The normalized spacial score (nSPS) is 21.9. The van der Waals surface area contributed by atoms with Gasteiger partial charge in [0.1, 0.15) is 5.70 Å². The van der Waals surface area contributed by atoms with Crippen molar-refractivity contribution in [2.45, 2.75) is 77.0 Å². The van der Waals surface area contributed by atoms with E-state index in [4.69, 9.17) is 0 Å². The molecule has 0 radical (unpaired) electrons. The fourth-order valence-corrected chi connectivity index (χ4v) is 4.51. The van der Waals surface area contributed by atoms with Gasteiger partial charge in [0, 0.05) is 17.6 Å². The molecule has 3 heterocycles. The monoisotopic (exact) mass is 377 g/mol. The second-order valence-corrected chi connectivity index (χ2v) is 8.23. The Labute approximate surface area is 167 Å². The Morgan fingerprint density at radius 1 is 1.25 bits per heavy atom. The van der Waals surface area contributed by atoms with Gasteiger partial charge in [0.15, 0.2) is 5.78 Å². The van der Waals surface area contributed by atoms with Crippen LogP contribution in [-0.2, 0) is 11.2 Å². The summed E-state index contributed by atoms with van der Waals surface area (Å²) in [6, 6.07) is 6.29. The van der Waals surface area contributed by atoms with E-state index in [0.717, 1.165) is 23.5 Å². The Morgan fingerprint density at radius 3 is 2.96 bits per heavy atom. The van der Waals surface area contributed by atoms with Gasteiger partial charge in [-0.3, -0.25) is 4.79 Å². The molecule has 148 valence electrons. The molecule has 1 aliphatic heterocycles. The van der Waals surface area contributed by atoms with Crippen molar-refractivity contribution >= 4 is 17.6 Å². The number of carbonyl (C=O) groups excluding carboxylic acids is 1. The van der Waals surface area contributed by atoms with E-state index >= 15 is 0 Å². The van der Waals surface area contributed by atoms with Gasteiger partial charge in [-0.2, -0.15) is 0 Å². The molecule has 2 aromatic rings. The number of hydrogen-bond acceptors (Lipinski definition) is 2. The number of aliphatic imine (C=N–C) groups is 1. The number of unbranched alkanes of at least 4 members (excludes halogenated alkanes) is 1. The van der Waals surface area contributed by atoms with E-state index in [1.807, 2.05) is 24.4 Å². The Hall–Kier alpha value is -2.36. The van der Waals surface area contributed by atoms with E-state index in [1.165, 1.54) is 62.6 Å². The van der Waals surface area contributed by atoms with Crippen LogP contribution in [0.4, 0.5) is 0 Å². The molecule has 2 aliphatic rings. The zero-order valence-corrected chi connectivity index (χ0v) is 16.9. The third-order valence-corrected chi connectivity index (χ3v) is 6.09. The summed E-state index contributed by atoms with van der Waals surface area (Å²) in [6.07, 6.45) is 15.5. The minimum Gasteiger partial charge on any atom is -0.360 e. The van der Waals surface area contributed by atoms with E-state index in [9.17, 15) is 4.79 Å². The molecule has 0 amide bonds. The number of rotatable bonds is 5. The zero-order valence-electron chi connectivity index (χ0n) is 16.9. The molecule has 4 heteroatoms. The van der Waals surface area contributed by atoms with Crippen molar-refractivity contribution in [3.8, 4) is 0 Å². The summed E-state index contributed by atoms with van der Waals surface area (Å²) in [6.45, 7) is 2.26. The van der Waals surface area contributed by atoms with Gasteiger partial charge in [-0.1, -0.05) is 39.0 Å². The first kappa shape index (κ1) is 19.0. The van der Waals surface area contributed by atoms with Gasteiger partial charge in [0.2, 0.25) is 0 Å². The highest BCUT2D eigenvalue weighted by Gasteiger charge is 2.24. The van der Waals surface area contributed by atoms with Gasteiger partial charge in [-0.05, 0) is 61.4 Å². The van der Waals surface area contributed by atoms with Crippen molar-refractivity contribution in [3.05, 3.63) is 52.7 Å². The summed E-state index contributed by atoms with van der Waals surface area (Å²) < 4.78 is 0. The minimum absolute atomic E-state index is 0.112. The van der Waals surface area contributed by atoms with Crippen LogP contribution >= 0.6 is 0 Å². The van der Waals surface area contributed by atoms with Crippen molar-refractivity contribution in [1.82, 2.24) is 9.97 Å². The molecule has 2 N–H and O–H groups in total. The molecule has 1 unspecified atom stereocenters. The predicted molar refractivity (Wildman–Crippen MR) is 115 cm³/mol. The Balaban J connectivity index is 1.67. The first-order valence-electron chi connectivity index (χ1n) is 10.9. The van der Waals surface area contributed by atoms with Gasteiger partial charge >= 0.3 is 0 Å². The summed E-state index contributed by atoms with van der Waals surface area (Å²) in [5.41, 5.74) is 6.19. The number of Topliss-reactive ketones (excluding diaryl/α,β-unsaturated/α-hetero) is 1. The van der Waals surface area contributed by atoms with Gasteiger partial charge in [-0.15, -0.1) is 0 Å². The van der Waals surface area contributed by atoms with Crippen LogP contribution in [0.1, 0.15) is 93.3 Å². The number of hydrogen-bond donors (Lipinski definition) is 2. The predicted octanol–water partition coefficient (Wildman–Crippen LogP) is 5.93. The van der Waals surface area contributed by atoms with Gasteiger partial charge in [-0.25, -0.2) is 4.99 Å². The lowest BCUT2D eigenvalue weighted by Gasteiger charge is -2.17. The maximum Gasteiger partial charge on any atom is 0.187 e. The SMILES string of the molecule is CCCCC1CCCCCCc2cc1c(C=C1N=C(c3ccc[nH]3)CC1=O)[nH]2. The van der Waals surface area contributed by atoms with Crippen molar-refractivity contribution in [1.29, 1.82) is 0 Å². The average Bonchev–Trinajstić information content (AvgIpc) is 3.42. The lowest BCUT2D eigenvalue weighted by molar-refractivity contribution is -0.114. The van der Waals surface area contributed by atoms with E-state index < -0.39 is 0 Å². The number of carbonyl (C=O) groups is 1. The number of aryl methyl sites for hydroxylation is 1. The molecule has 0 saturated carbocycles. The minimum atomic E-state index is 0.112. The molecular formula is C24H31N3O. The number of aromatic nitrogens is 2. The van der Waals surface area contributed by atoms with Crippen molar-refractivity contribution in [3.63, 3.8) is 0 Å². The maximum absolute atomic E-state index is 12.6. The topological polar surface area (TPSA) is 61.0 Å². The summed E-state index contributed by atoms with van der Waals surface area (Å²) in [5.74, 6) is 0.694. The maximum atomic E-state index is 12.6. The van der Waals surface area contributed by atoms with Crippen molar-refractivity contribution < 1.29 is 4.79 Å². The summed E-state index contributed by atoms with van der Waals surface area (Å²) in [4.78, 5) is 24.0. The molecule has 1 aliphatic carbocycles. The second-order valence-electron chi connectivity index (χ2n) is 8.23. The number of nitrogens with zero attached hydrogens (tertiary/aromatic N) is 1. The van der Waals surface area contributed by atoms with Crippen LogP contribution in [0.15, 0.2) is 35.1 Å². The number of H-pyrrole nitrogens is 2. The highest BCUT2D eigenvalue weighted by Crippen LogP contribution is 2.34. The average molecular weight is 378 g/mol. The van der Waals surface area contributed by atoms with Gasteiger partial charge in [0.05, 0.1) is 17.8 Å². The number of aromatic amines is 2. The van der Waals surface area contributed by atoms with E-state index in [-0.39, 0.29) is 5.78 Å². The number of fused-ring (bicyclic) bond motifs is 2. The van der Waals surface area contributed by atoms with Crippen LogP contribution in [0.3, 0.4) is 0 Å². The molecule has 2 aromatic heterocycles. The fraction of sp³-hybridized carbons (Fsp3) is 0.500. The van der Waals surface area contributed by atoms with Crippen LogP contribution in [0.5, 0.6) is 0 Å². The van der Waals surface area contributed by atoms with E-state index in [0.29, 0.717) is 18.0 Å². The lowest BCUT2D eigenvalue weighted by atomic mass is 9.87. The molecule has 2 bridgehead atoms. The zero-order chi connectivity index (χ0) is 19.3. The third-order valence-electron chi connectivity index (χ3n) is 6.09. The van der Waals surface area contributed by atoms with Crippen LogP contribution in [-0.4, -0.2) is 21.5 Å². The van der Waals surface area contributed by atoms with E-state index in [2.05, 4.69) is 28.0 Å². The first-order chi connectivity index (χ1) is 13.7. The summed E-state index contributed by atoms with van der Waals surface area (Å²) in [7, 11) is 0. The molecule has 4 nitrogen and oxygen atoms in total. The molecule has 0 spiro atoms. The smallest absolute Gasteiger partial charge is 0.187 e. The molecule has 28 heavy (non-hydrogen) atoms. The van der Waals surface area contributed by atoms with Crippen LogP contribution < -0.4 is 0 Å². The Bertz CT molecular complexity index is 870. The quantitative estimate of drug-likeness (QED) is 0.624. The molecule has 0 aromatic carbocycles.